The fourth-order valence-electron chi connectivity index (χ4n) is 11.7. The molecule has 0 bridgehead atoms. The number of thiol groups is 1. The van der Waals surface area contributed by atoms with Gasteiger partial charge in [0.15, 0.2) is 0 Å². The number of aliphatic carboxylic acids is 1. The summed E-state index contributed by atoms with van der Waals surface area (Å²) >= 11 is 45.9. The predicted octanol–water partition coefficient (Wildman–Crippen LogP) is 22.1. The van der Waals surface area contributed by atoms with Gasteiger partial charge in [0, 0.05) is 126 Å². The number of hydrogen-bond acceptors (Lipinski definition) is 22. The van der Waals surface area contributed by atoms with E-state index in [1.165, 1.54) is 62.5 Å². The second kappa shape index (κ2) is 82.4. The van der Waals surface area contributed by atoms with Gasteiger partial charge < -0.3 is 76.2 Å². The third kappa shape index (κ3) is 55.9. The number of benzene rings is 11. The van der Waals surface area contributed by atoms with Gasteiger partial charge in [0.25, 0.3) is 22.2 Å². The minimum Gasteiger partial charge on any atom is -0.392 e. The molecular formula is C100H91B2Br5Cl7IN12NaO20S2. The molecule has 0 saturated heterocycles. The SMILES string of the molecule is BrB(Br)Br.CC#N.COc1ccc(-n2cc(Br)c3cc(CO)ccc3c2=O)cc1.COc1ccc(-n2ccc3cc(CO)ccc3c2=O)cc1.COc1ccc(I)cc1.ClCCl.ClCCl.O=C(Cl)/C=C/c1cccc(CO)c1.O=C(O)/C=C/c1cccc(CO)c1.O=S(Cl)Cl.O=c1[nH]ccc2cc(CO)ccc12.O=c1c2ccc(O)cc2c(Br)cn1-c1ccc(O)cc1.[B]=NS.[N-]=[N+]=NC(=O)/C=C/c1cccc(CO)c1.[N-]=[N+]=[N-].[Na+]. The van der Waals surface area contributed by atoms with Crippen LogP contribution in [0.1, 0.15) is 57.0 Å². The molecule has 0 aliphatic carbocycles. The van der Waals surface area contributed by atoms with Crippen molar-refractivity contribution in [3.8, 4) is 51.9 Å². The molecule has 150 heavy (non-hydrogen) atoms. The van der Waals surface area contributed by atoms with Crippen LogP contribution in [-0.4, -0.2) is 129 Å². The third-order valence-corrected chi connectivity index (χ3v) is 20.1. The number of hydrogen-bond donors (Lipinski definition) is 11. The molecule has 15 aromatic rings. The molecule has 1 amide bonds. The molecule has 1 radical (unpaired) electrons. The number of carbonyl (C=O) groups excluding carboxylic acids is 2. The standard InChI is InChI=1S/C17H14BrNO3.C17H15NO3.C15H10BrNO3.C10H9ClO2.C10H9N3O2.C10H9NO2.C10H10O3.C7H7IO.C2H3N.2CH2Cl2.BBr3.BHNS.Cl2OS.N3.Na/c1-22-13-5-3-12(4-6-13)19-9-16(18)15-8-11(10-20)2-7-14(15)17(19)21;1-21-15-5-3-14(4-6-15)18-9-8-13-10-12(11-19)2-7-16(13)17(18)20;16-14-8-17(9-1-3-10(18)4-2-9)15(20)12-6-5-11(19)7-13(12)14;11-10(13)5-4-8-2-1-3-9(6-8)7-12;11-13-12-10(15)5-4-8-2-1-3-9(6-8)7-14;12-6-7-1-2-9-8(5-7)3-4-11-10(9)13;11-7-9-3-1-2-8(6-9)4-5-10(12)13;1-9-7-4-2-6(8)3-5-7;1-2-3;2*2-1-3;2-1(3)4;1-2-3;1-4(2)3;1-3-2;/h2-9,20H,10H2,1H3;2-10,19H,11H2,1H3;1-8,18-19H;1-6,12H,7H2;1-6,14H,7H2;1-5,12H,6H2,(H,11,13);1-6,11H,7H2,(H,12,13);2-5H,1H3;1H3;2*1H2;;3H;;;/q;;;;;;;;;;;;;;-1;+1/b;;;2*5-4+;;5-4+;;;;;;;;;. The normalized spacial score (nSPS) is 9.67. The Morgan fingerprint density at radius 3 is 1.19 bits per heavy atom. The van der Waals surface area contributed by atoms with Crippen LogP contribution in [0, 0.1) is 14.9 Å². The zero-order valence-corrected chi connectivity index (χ0v) is 98.6. The Kier molecular flexibility index (Phi) is 76.8. The molecule has 0 saturated carbocycles. The number of pyridine rings is 4. The number of allylic oxidation sites excluding steroid dienone is 1. The number of aliphatic hydroxyl groups is 6. The summed E-state index contributed by atoms with van der Waals surface area (Å²) < 4.78 is 34.7. The maximum atomic E-state index is 12.7. The number of aromatic nitrogens is 4. The average Bonchev–Trinajstić information content (AvgIpc) is 0.791. The van der Waals surface area contributed by atoms with Crippen molar-refractivity contribution in [2.24, 2.45) is 9.41 Å². The first-order chi connectivity index (χ1) is 71.3. The van der Waals surface area contributed by atoms with Crippen LogP contribution in [0.2, 0.25) is 0 Å². The van der Waals surface area contributed by atoms with Crippen molar-refractivity contribution in [2.45, 2.75) is 46.6 Å². The van der Waals surface area contributed by atoms with E-state index in [1.807, 2.05) is 115 Å². The number of aromatic hydroxyl groups is 2. The summed E-state index contributed by atoms with van der Waals surface area (Å²) in [7, 11) is 16.6. The molecule has 11 aromatic carbocycles. The van der Waals surface area contributed by atoms with Crippen LogP contribution in [0.4, 0.5) is 0 Å². The molecule has 4 aromatic heterocycles. The summed E-state index contributed by atoms with van der Waals surface area (Å²) in [5.74, 6) is 1.03. The number of aliphatic hydroxyl groups excluding tert-OH is 6. The number of rotatable bonds is 18. The summed E-state index contributed by atoms with van der Waals surface area (Å²) in [4.78, 5) is 86.8. The monoisotopic (exact) mass is 2650 g/mol. The number of methoxy groups -OCH3 is 3. The first-order valence-electron chi connectivity index (χ1n) is 41.5. The second-order valence-corrected chi connectivity index (χ2v) is 41.7. The van der Waals surface area contributed by atoms with Crippen LogP contribution in [-0.2, 0) is 63.3 Å². The number of H-pyrrole nitrogens is 1. The molecule has 15 rings (SSSR count). The van der Waals surface area contributed by atoms with Crippen LogP contribution in [0.5, 0.6) is 28.7 Å². The molecule has 0 atom stereocenters. The largest absolute Gasteiger partial charge is 1.00 e. The summed E-state index contributed by atoms with van der Waals surface area (Å²) in [6, 6.07) is 76.3. The number of phenolic OH excluding ortho intramolecular Hbond substituents is 2. The van der Waals surface area contributed by atoms with E-state index >= 15 is 0 Å². The van der Waals surface area contributed by atoms with Gasteiger partial charge >= 0.3 is 63.5 Å². The molecule has 10 N–H and O–H groups in total. The number of nitrogens with zero attached hydrogens (tertiary/aromatic N) is 11. The first-order valence-corrected chi connectivity index (χ1v) is 52.7. The number of nitrogens with one attached hydrogen (secondary N) is 1. The van der Waals surface area contributed by atoms with E-state index in [1.54, 1.807) is 189 Å². The topological polar surface area (TPSA) is 521 Å². The smallest absolute Gasteiger partial charge is 0.392 e. The number of amides is 1. The van der Waals surface area contributed by atoms with E-state index in [4.69, 9.17) is 129 Å². The van der Waals surface area contributed by atoms with Crippen molar-refractivity contribution >= 4 is 292 Å². The Hall–Kier alpha value is -10.3. The Bertz CT molecular complexity index is 7190. The van der Waals surface area contributed by atoms with E-state index in [-0.39, 0.29) is 117 Å². The minimum absolute atomic E-state index is 0. The van der Waals surface area contributed by atoms with E-state index < -0.39 is 26.3 Å². The van der Waals surface area contributed by atoms with E-state index in [2.05, 4.69) is 163 Å². The van der Waals surface area contributed by atoms with Crippen molar-refractivity contribution < 1.29 is 108 Å². The van der Waals surface area contributed by atoms with Crippen LogP contribution >= 0.6 is 194 Å². The van der Waals surface area contributed by atoms with E-state index in [0.717, 1.165) is 105 Å². The predicted molar refractivity (Wildman–Crippen MR) is 629 cm³/mol. The third-order valence-electron chi connectivity index (χ3n) is 18.0. The van der Waals surface area contributed by atoms with Crippen LogP contribution in [0.3, 0.4) is 0 Å². The number of halogens is 13. The molecule has 50 heteroatoms. The first kappa shape index (κ1) is 140. The van der Waals surface area contributed by atoms with Crippen molar-refractivity contribution in [3.05, 3.63) is 428 Å². The molecule has 32 nitrogen and oxygen atoms in total. The van der Waals surface area contributed by atoms with Gasteiger partial charge in [0.1, 0.15) is 28.7 Å². The molecule has 0 aliphatic heterocycles. The van der Waals surface area contributed by atoms with Gasteiger partial charge in [-0.3, -0.25) is 47.4 Å². The molecule has 0 fully saturated rings. The van der Waals surface area contributed by atoms with Gasteiger partial charge in [-0.25, -0.2) is 9.00 Å². The van der Waals surface area contributed by atoms with Crippen molar-refractivity contribution in [1.82, 2.24) is 18.7 Å². The van der Waals surface area contributed by atoms with Gasteiger partial charge in [0.05, 0.1) is 77.7 Å². The Morgan fingerprint density at radius 1 is 0.507 bits per heavy atom. The van der Waals surface area contributed by atoms with Crippen molar-refractivity contribution in [2.75, 3.05) is 32.0 Å². The molecule has 781 valence electrons. The van der Waals surface area contributed by atoms with Crippen LogP contribution in [0.25, 0.3) is 105 Å². The van der Waals surface area contributed by atoms with Gasteiger partial charge in [-0.1, -0.05) is 84.9 Å². The Balaban J connectivity index is 0.00000166. The van der Waals surface area contributed by atoms with Gasteiger partial charge in [0.2, 0.25) is 20.4 Å². The van der Waals surface area contributed by atoms with Crippen molar-refractivity contribution in [3.63, 3.8) is 0 Å². The number of nitriles is 1. The summed E-state index contributed by atoms with van der Waals surface area (Å²) in [5.41, 5.74) is 30.3. The van der Waals surface area contributed by atoms with E-state index in [9.17, 15) is 48.9 Å². The minimum atomic E-state index is -1.67. The number of alkyl halides is 4. The quantitative estimate of drug-likeness (QED) is 0.00437. The number of ether oxygens (including phenoxy) is 3. The number of aromatic amines is 1. The summed E-state index contributed by atoms with van der Waals surface area (Å²) in [5, 5.41) is 96.5. The van der Waals surface area contributed by atoms with Gasteiger partial charge in [-0.2, -0.15) is 5.26 Å². The average molecular weight is 2660 g/mol. The summed E-state index contributed by atoms with van der Waals surface area (Å²) in [6.45, 7) is 1.27. The fourth-order valence-corrected chi connectivity index (χ4v) is 13.2. The van der Waals surface area contributed by atoms with E-state index in [0.29, 0.717) is 37.1 Å². The maximum absolute atomic E-state index is 12.7. The van der Waals surface area contributed by atoms with Gasteiger partial charge in [-0.05, 0) is 338 Å². The number of carboxylic acid groups (broad SMARTS) is 1. The number of carbonyl (C=O) groups is 3. The number of phenols is 2. The molecule has 4 heterocycles. The van der Waals surface area contributed by atoms with Crippen LogP contribution in [0.15, 0.2) is 335 Å². The molecule has 0 spiro atoms. The number of azide groups is 1. The zero-order valence-electron chi connectivity index (χ0n) is 79.5. The van der Waals surface area contributed by atoms with Crippen molar-refractivity contribution in [1.29, 1.82) is 5.26 Å². The Labute approximate surface area is 982 Å². The number of fused-ring (bicyclic) bond motifs is 4. The Morgan fingerprint density at radius 2 is 0.820 bits per heavy atom. The van der Waals surface area contributed by atoms with Crippen LogP contribution < -0.4 is 66.0 Å². The van der Waals surface area contributed by atoms with Gasteiger partial charge in [-0.15, -0.1) is 93.7 Å². The fraction of sp³-hybridized carbons (Fsp3) is 0.120. The molecule has 0 aliphatic rings. The second-order valence-electron chi connectivity index (χ2n) is 27.5. The summed E-state index contributed by atoms with van der Waals surface area (Å²) in [6.07, 6.45) is 14.9. The number of carboxylic acids is 1. The molecule has 0 unspecified atom stereocenters. The maximum Gasteiger partial charge on any atom is 1.00 e. The zero-order chi connectivity index (χ0) is 112. The molecular weight excluding hydrogens is 2570 g/mol.